The van der Waals surface area contributed by atoms with Crippen LogP contribution in [0.15, 0.2) is 0 Å². The molecule has 98 valence electrons. The summed E-state index contributed by atoms with van der Waals surface area (Å²) in [4.78, 5) is 0. The molecule has 0 saturated carbocycles. The second-order valence-corrected chi connectivity index (χ2v) is 4.54. The lowest BCUT2D eigenvalue weighted by Crippen LogP contribution is -2.39. The van der Waals surface area contributed by atoms with Gasteiger partial charge in [-0.3, -0.25) is 0 Å². The molecule has 0 aliphatic heterocycles. The van der Waals surface area contributed by atoms with Crippen molar-refractivity contribution in [2.45, 2.75) is 53.2 Å². The van der Waals surface area contributed by atoms with Crippen LogP contribution in [0, 0.1) is 5.92 Å². The van der Waals surface area contributed by atoms with Gasteiger partial charge in [-0.1, -0.05) is 27.2 Å². The number of ether oxygens (including phenoxy) is 2. The fourth-order valence-corrected chi connectivity index (χ4v) is 1.52. The van der Waals surface area contributed by atoms with Crippen LogP contribution in [0.1, 0.15) is 41.0 Å². The molecule has 0 radical (unpaired) electrons. The number of hydrogen-bond acceptors (Lipinski definition) is 3. The molecule has 0 aromatic rings. The van der Waals surface area contributed by atoms with Gasteiger partial charge in [-0.2, -0.15) is 0 Å². The van der Waals surface area contributed by atoms with Crippen LogP contribution < -0.4 is 5.32 Å². The van der Waals surface area contributed by atoms with Gasteiger partial charge in [0.05, 0.1) is 25.9 Å². The maximum absolute atomic E-state index is 5.63. The van der Waals surface area contributed by atoms with Crippen molar-refractivity contribution in [3.05, 3.63) is 0 Å². The van der Waals surface area contributed by atoms with E-state index in [9.17, 15) is 0 Å². The summed E-state index contributed by atoms with van der Waals surface area (Å²) in [7, 11) is 0. The monoisotopic (exact) mass is 231 g/mol. The highest BCUT2D eigenvalue weighted by Gasteiger charge is 2.14. The van der Waals surface area contributed by atoms with Gasteiger partial charge in [0.1, 0.15) is 0 Å². The zero-order valence-corrected chi connectivity index (χ0v) is 11.6. The molecule has 1 N–H and O–H groups in total. The predicted octanol–water partition coefficient (Wildman–Crippen LogP) is 2.45. The largest absolute Gasteiger partial charge is 0.377 e. The molecule has 0 amide bonds. The first-order valence-corrected chi connectivity index (χ1v) is 6.54. The first kappa shape index (κ1) is 15.9. The van der Waals surface area contributed by atoms with E-state index in [-0.39, 0.29) is 0 Å². The summed E-state index contributed by atoms with van der Waals surface area (Å²) < 4.78 is 11.1. The summed E-state index contributed by atoms with van der Waals surface area (Å²) in [5, 5.41) is 3.47. The van der Waals surface area contributed by atoms with Crippen LogP contribution in [0.25, 0.3) is 0 Å². The van der Waals surface area contributed by atoms with E-state index in [0.29, 0.717) is 31.3 Å². The first-order chi connectivity index (χ1) is 7.61. The van der Waals surface area contributed by atoms with E-state index in [4.69, 9.17) is 9.47 Å². The Bertz CT molecular complexity index is 151. The molecule has 0 heterocycles. The fourth-order valence-electron chi connectivity index (χ4n) is 1.52. The molecule has 2 atom stereocenters. The van der Waals surface area contributed by atoms with Gasteiger partial charge in [-0.15, -0.1) is 0 Å². The Morgan fingerprint density at radius 3 is 2.25 bits per heavy atom. The highest BCUT2D eigenvalue weighted by Crippen LogP contribution is 2.07. The predicted molar refractivity (Wildman–Crippen MR) is 68.8 cm³/mol. The quantitative estimate of drug-likeness (QED) is 0.586. The van der Waals surface area contributed by atoms with Crippen LogP contribution in [0.2, 0.25) is 0 Å². The topological polar surface area (TPSA) is 30.5 Å². The van der Waals surface area contributed by atoms with Crippen molar-refractivity contribution in [2.24, 2.45) is 5.92 Å². The summed E-state index contributed by atoms with van der Waals surface area (Å²) in [6.07, 6.45) is 1.48. The van der Waals surface area contributed by atoms with Gasteiger partial charge in [0.25, 0.3) is 0 Å². The molecular formula is C13H29NO2. The number of hydrogen-bond donors (Lipinski definition) is 1. The zero-order chi connectivity index (χ0) is 12.4. The minimum atomic E-state index is 0.294. The summed E-state index contributed by atoms with van der Waals surface area (Å²) in [5.41, 5.74) is 0. The van der Waals surface area contributed by atoms with Gasteiger partial charge in [-0.25, -0.2) is 0 Å². The Hall–Kier alpha value is -0.120. The van der Waals surface area contributed by atoms with Gasteiger partial charge >= 0.3 is 0 Å². The fraction of sp³-hybridized carbons (Fsp3) is 1.00. The Kier molecular flexibility index (Phi) is 9.99. The minimum absolute atomic E-state index is 0.294. The molecule has 0 aromatic heterocycles. The Labute approximate surface area is 101 Å². The molecule has 0 aromatic carbocycles. The maximum Gasteiger partial charge on any atom is 0.0703 e. The average Bonchev–Trinajstić information content (AvgIpc) is 2.25. The molecule has 2 unspecified atom stereocenters. The van der Waals surface area contributed by atoms with Crippen LogP contribution in [-0.2, 0) is 9.47 Å². The third-order valence-corrected chi connectivity index (χ3v) is 2.77. The van der Waals surface area contributed by atoms with Gasteiger partial charge < -0.3 is 14.8 Å². The Morgan fingerprint density at radius 2 is 1.75 bits per heavy atom. The van der Waals surface area contributed by atoms with E-state index < -0.39 is 0 Å². The molecule has 3 heteroatoms. The number of rotatable bonds is 10. The molecule has 0 aliphatic carbocycles. The van der Waals surface area contributed by atoms with E-state index >= 15 is 0 Å². The normalized spacial score (nSPS) is 15.4. The van der Waals surface area contributed by atoms with Crippen LogP contribution in [0.3, 0.4) is 0 Å². The van der Waals surface area contributed by atoms with Crippen LogP contribution >= 0.6 is 0 Å². The number of likely N-dealkylation sites (N-methyl/N-ethyl adjacent to an activating group) is 1. The van der Waals surface area contributed by atoms with Gasteiger partial charge in [0.2, 0.25) is 0 Å². The second kappa shape index (κ2) is 10.1. The summed E-state index contributed by atoms with van der Waals surface area (Å²) in [6.45, 7) is 13.9. The Morgan fingerprint density at radius 1 is 1.06 bits per heavy atom. The van der Waals surface area contributed by atoms with Crippen molar-refractivity contribution in [1.29, 1.82) is 0 Å². The van der Waals surface area contributed by atoms with Gasteiger partial charge in [0, 0.05) is 6.04 Å². The molecular weight excluding hydrogens is 202 g/mol. The molecule has 0 fully saturated rings. The molecule has 16 heavy (non-hydrogen) atoms. The molecule has 0 aliphatic rings. The van der Waals surface area contributed by atoms with Gasteiger partial charge in [0.15, 0.2) is 0 Å². The van der Waals surface area contributed by atoms with Crippen LogP contribution in [0.5, 0.6) is 0 Å². The van der Waals surface area contributed by atoms with Crippen molar-refractivity contribution in [2.75, 3.05) is 26.4 Å². The first-order valence-electron chi connectivity index (χ1n) is 6.54. The van der Waals surface area contributed by atoms with E-state index in [1.807, 2.05) is 13.8 Å². The van der Waals surface area contributed by atoms with Gasteiger partial charge in [-0.05, 0) is 26.3 Å². The van der Waals surface area contributed by atoms with E-state index in [2.05, 4.69) is 26.1 Å². The highest BCUT2D eigenvalue weighted by molar-refractivity contribution is 4.71. The molecule has 0 bridgehead atoms. The third-order valence-electron chi connectivity index (χ3n) is 2.77. The third kappa shape index (κ3) is 8.08. The molecule has 0 saturated heterocycles. The van der Waals surface area contributed by atoms with Crippen molar-refractivity contribution < 1.29 is 9.47 Å². The smallest absolute Gasteiger partial charge is 0.0703 e. The Balaban J connectivity index is 3.59. The second-order valence-electron chi connectivity index (χ2n) is 4.54. The van der Waals surface area contributed by atoms with Crippen LogP contribution in [-0.4, -0.2) is 38.5 Å². The molecule has 0 rings (SSSR count). The van der Waals surface area contributed by atoms with E-state index in [1.165, 1.54) is 6.42 Å². The summed E-state index contributed by atoms with van der Waals surface area (Å²) in [5.74, 6) is 0.658. The van der Waals surface area contributed by atoms with Crippen molar-refractivity contribution in [1.82, 2.24) is 5.32 Å². The standard InChI is InChI=1S/C13H29NO2/c1-6-12(5)13(14-7-2)10-15-8-9-16-11(3)4/h11-14H,6-10H2,1-5H3. The lowest BCUT2D eigenvalue weighted by atomic mass is 10.00. The SMILES string of the molecule is CCNC(COCCOC(C)C)C(C)CC. The van der Waals surface area contributed by atoms with Crippen molar-refractivity contribution in [3.8, 4) is 0 Å². The average molecular weight is 231 g/mol. The zero-order valence-electron chi connectivity index (χ0n) is 11.6. The van der Waals surface area contributed by atoms with E-state index in [0.717, 1.165) is 13.2 Å². The lowest BCUT2D eigenvalue weighted by molar-refractivity contribution is 0.00991. The molecule has 0 spiro atoms. The molecule has 3 nitrogen and oxygen atoms in total. The summed E-state index contributed by atoms with van der Waals surface area (Å²) >= 11 is 0. The number of nitrogens with one attached hydrogen (secondary N) is 1. The maximum atomic E-state index is 5.63. The summed E-state index contributed by atoms with van der Waals surface area (Å²) in [6, 6.07) is 0.467. The van der Waals surface area contributed by atoms with Crippen molar-refractivity contribution >= 4 is 0 Å². The lowest BCUT2D eigenvalue weighted by Gasteiger charge is -2.23. The minimum Gasteiger partial charge on any atom is -0.377 e. The van der Waals surface area contributed by atoms with E-state index in [1.54, 1.807) is 0 Å². The highest BCUT2D eigenvalue weighted by atomic mass is 16.5. The van der Waals surface area contributed by atoms with Crippen molar-refractivity contribution in [3.63, 3.8) is 0 Å². The van der Waals surface area contributed by atoms with Crippen LogP contribution in [0.4, 0.5) is 0 Å².